The first-order chi connectivity index (χ1) is 15.3. The van der Waals surface area contributed by atoms with E-state index in [0.29, 0.717) is 29.2 Å². The zero-order valence-electron chi connectivity index (χ0n) is 18.0. The Morgan fingerprint density at radius 2 is 1.72 bits per heavy atom. The molecule has 3 rings (SSSR count). The fourth-order valence-corrected chi connectivity index (χ4v) is 6.36. The van der Waals surface area contributed by atoms with Gasteiger partial charge in [0.2, 0.25) is 10.0 Å². The maximum absolute atomic E-state index is 12.8. The maximum atomic E-state index is 12.8. The average molecular weight is 493 g/mol. The second-order valence-corrected chi connectivity index (χ2v) is 10.4. The fraction of sp³-hybridized carbons (Fsp3) is 0.273. The van der Waals surface area contributed by atoms with Crippen LogP contribution in [0.2, 0.25) is 0 Å². The molecule has 0 fully saturated rings. The monoisotopic (exact) mass is 492 g/mol. The summed E-state index contributed by atoms with van der Waals surface area (Å²) in [6.45, 7) is 6.21. The number of anilines is 1. The Balaban J connectivity index is 1.87. The normalized spacial score (nSPS) is 11.5. The Kier molecular flexibility index (Phi) is 7.83. The Bertz CT molecular complexity index is 1180. The number of esters is 1. The van der Waals surface area contributed by atoms with Crippen LogP contribution in [0.3, 0.4) is 0 Å². The van der Waals surface area contributed by atoms with Crippen molar-refractivity contribution in [2.45, 2.75) is 25.7 Å². The van der Waals surface area contributed by atoms with Crippen molar-refractivity contribution in [1.82, 2.24) is 4.31 Å². The van der Waals surface area contributed by atoms with Crippen molar-refractivity contribution in [2.24, 2.45) is 0 Å². The van der Waals surface area contributed by atoms with E-state index in [2.05, 4.69) is 5.32 Å². The summed E-state index contributed by atoms with van der Waals surface area (Å²) in [5, 5.41) is 6.88. The van der Waals surface area contributed by atoms with Crippen molar-refractivity contribution in [1.29, 1.82) is 0 Å². The molecule has 0 bridgehead atoms. The maximum Gasteiger partial charge on any atom is 0.341 e. The SMILES string of the molecule is CCOC(=O)c1c(-c2cccs2)csc1NC(=O)c1ccc(S(=O)(=O)N(CC)CC)cc1. The number of nitrogens with zero attached hydrogens (tertiary/aromatic N) is 1. The van der Waals surface area contributed by atoms with Gasteiger partial charge in [-0.3, -0.25) is 4.79 Å². The third-order valence-electron chi connectivity index (χ3n) is 4.74. The fourth-order valence-electron chi connectivity index (χ4n) is 3.14. The Morgan fingerprint density at radius 1 is 1.03 bits per heavy atom. The van der Waals surface area contributed by atoms with Crippen molar-refractivity contribution >= 4 is 49.6 Å². The molecule has 0 spiro atoms. The van der Waals surface area contributed by atoms with Gasteiger partial charge in [0.15, 0.2) is 0 Å². The summed E-state index contributed by atoms with van der Waals surface area (Å²) in [4.78, 5) is 26.5. The van der Waals surface area contributed by atoms with Crippen LogP contribution in [0.25, 0.3) is 10.4 Å². The van der Waals surface area contributed by atoms with E-state index in [9.17, 15) is 18.0 Å². The Labute approximate surface area is 195 Å². The number of ether oxygens (including phenoxy) is 1. The topological polar surface area (TPSA) is 92.8 Å². The number of carbonyl (C=O) groups is 2. The van der Waals surface area contributed by atoms with Crippen LogP contribution in [-0.4, -0.2) is 44.3 Å². The first-order valence-corrected chi connectivity index (χ1v) is 13.3. The van der Waals surface area contributed by atoms with Gasteiger partial charge in [0.25, 0.3) is 5.91 Å². The van der Waals surface area contributed by atoms with E-state index >= 15 is 0 Å². The molecule has 0 aliphatic carbocycles. The van der Waals surface area contributed by atoms with Gasteiger partial charge < -0.3 is 10.1 Å². The molecule has 0 saturated carbocycles. The van der Waals surface area contributed by atoms with Gasteiger partial charge >= 0.3 is 5.97 Å². The third-order valence-corrected chi connectivity index (χ3v) is 8.61. The molecule has 1 amide bonds. The number of carbonyl (C=O) groups excluding carboxylic acids is 2. The van der Waals surface area contributed by atoms with Gasteiger partial charge in [-0.05, 0) is 42.6 Å². The second kappa shape index (κ2) is 10.4. The van der Waals surface area contributed by atoms with Crippen molar-refractivity contribution in [3.8, 4) is 10.4 Å². The number of thiophene rings is 2. The number of amides is 1. The van der Waals surface area contributed by atoms with E-state index in [0.717, 1.165) is 4.88 Å². The van der Waals surface area contributed by atoms with Crippen LogP contribution < -0.4 is 5.32 Å². The molecule has 32 heavy (non-hydrogen) atoms. The molecular weight excluding hydrogens is 468 g/mol. The number of hydrogen-bond acceptors (Lipinski definition) is 7. The molecule has 2 heterocycles. The molecule has 1 aromatic carbocycles. The van der Waals surface area contributed by atoms with Crippen LogP contribution in [0.5, 0.6) is 0 Å². The molecule has 0 radical (unpaired) electrons. The predicted octanol–water partition coefficient (Wildman–Crippen LogP) is 4.94. The highest BCUT2D eigenvalue weighted by Crippen LogP contribution is 2.38. The lowest BCUT2D eigenvalue weighted by atomic mass is 10.1. The molecule has 0 aliphatic rings. The summed E-state index contributed by atoms with van der Waals surface area (Å²) in [6, 6.07) is 9.54. The zero-order chi connectivity index (χ0) is 23.3. The predicted molar refractivity (Wildman–Crippen MR) is 128 cm³/mol. The molecule has 0 atom stereocenters. The van der Waals surface area contributed by atoms with Crippen LogP contribution in [0.15, 0.2) is 52.1 Å². The van der Waals surface area contributed by atoms with Crippen LogP contribution in [0.1, 0.15) is 41.5 Å². The molecule has 10 heteroatoms. The van der Waals surface area contributed by atoms with Gasteiger partial charge in [-0.25, -0.2) is 13.2 Å². The summed E-state index contributed by atoms with van der Waals surface area (Å²) in [7, 11) is -3.60. The van der Waals surface area contributed by atoms with Crippen LogP contribution >= 0.6 is 22.7 Å². The summed E-state index contributed by atoms with van der Waals surface area (Å²) in [5.41, 5.74) is 1.30. The highest BCUT2D eigenvalue weighted by Gasteiger charge is 2.25. The molecule has 0 unspecified atom stereocenters. The number of sulfonamides is 1. The highest BCUT2D eigenvalue weighted by molar-refractivity contribution is 7.89. The third kappa shape index (κ3) is 4.93. The average Bonchev–Trinajstić information content (AvgIpc) is 3.44. The summed E-state index contributed by atoms with van der Waals surface area (Å²) in [5.74, 6) is -0.949. The van der Waals surface area contributed by atoms with Gasteiger partial charge in [-0.15, -0.1) is 22.7 Å². The molecule has 7 nitrogen and oxygen atoms in total. The molecule has 0 aliphatic heterocycles. The van der Waals surface area contributed by atoms with E-state index in [-0.39, 0.29) is 17.1 Å². The minimum absolute atomic E-state index is 0.126. The van der Waals surface area contributed by atoms with Crippen molar-refractivity contribution < 1.29 is 22.7 Å². The molecule has 2 aromatic heterocycles. The molecule has 1 N–H and O–H groups in total. The van der Waals surface area contributed by atoms with Gasteiger partial charge in [-0.2, -0.15) is 4.31 Å². The number of benzene rings is 1. The summed E-state index contributed by atoms with van der Waals surface area (Å²) >= 11 is 2.73. The van der Waals surface area contributed by atoms with Crippen LogP contribution in [0, 0.1) is 0 Å². The standard InChI is InChI=1S/C22H24N2O5S3/c1-4-24(5-2)32(27,28)16-11-9-15(10-12-16)20(25)23-21-19(22(26)29-6-3)17(14-31-21)18-8-7-13-30-18/h7-14H,4-6H2,1-3H3,(H,23,25). The highest BCUT2D eigenvalue weighted by atomic mass is 32.2. The first kappa shape index (κ1) is 24.1. The number of hydrogen-bond donors (Lipinski definition) is 1. The van der Waals surface area contributed by atoms with Crippen molar-refractivity contribution in [3.05, 3.63) is 58.3 Å². The van der Waals surface area contributed by atoms with E-state index in [4.69, 9.17) is 4.74 Å². The molecular formula is C22H24N2O5S3. The van der Waals surface area contributed by atoms with Gasteiger partial charge in [0.05, 0.1) is 11.5 Å². The summed E-state index contributed by atoms with van der Waals surface area (Å²) in [6.07, 6.45) is 0. The lowest BCUT2D eigenvalue weighted by Gasteiger charge is -2.18. The quantitative estimate of drug-likeness (QED) is 0.427. The number of rotatable bonds is 9. The van der Waals surface area contributed by atoms with Gasteiger partial charge in [-0.1, -0.05) is 19.9 Å². The van der Waals surface area contributed by atoms with Crippen molar-refractivity contribution in [2.75, 3.05) is 25.0 Å². The molecule has 170 valence electrons. The van der Waals surface area contributed by atoms with Crippen LogP contribution in [0.4, 0.5) is 5.00 Å². The minimum Gasteiger partial charge on any atom is -0.462 e. The van der Waals surface area contributed by atoms with E-state index in [1.54, 1.807) is 20.8 Å². The first-order valence-electron chi connectivity index (χ1n) is 10.1. The molecule has 0 saturated heterocycles. The van der Waals surface area contributed by atoms with Crippen molar-refractivity contribution in [3.63, 3.8) is 0 Å². The van der Waals surface area contributed by atoms with E-state index in [1.165, 1.54) is 51.2 Å². The van der Waals surface area contributed by atoms with Gasteiger partial charge in [0.1, 0.15) is 10.6 Å². The van der Waals surface area contributed by atoms with E-state index in [1.807, 2.05) is 22.9 Å². The van der Waals surface area contributed by atoms with Crippen LogP contribution in [-0.2, 0) is 14.8 Å². The molecule has 3 aromatic rings. The Hall–Kier alpha value is -2.53. The smallest absolute Gasteiger partial charge is 0.341 e. The van der Waals surface area contributed by atoms with E-state index < -0.39 is 21.9 Å². The largest absolute Gasteiger partial charge is 0.462 e. The lowest BCUT2D eigenvalue weighted by molar-refractivity contribution is 0.0529. The number of nitrogens with one attached hydrogen (secondary N) is 1. The summed E-state index contributed by atoms with van der Waals surface area (Å²) < 4.78 is 31.8. The minimum atomic E-state index is -3.60. The lowest BCUT2D eigenvalue weighted by Crippen LogP contribution is -2.30. The zero-order valence-corrected chi connectivity index (χ0v) is 20.4. The van der Waals surface area contributed by atoms with Gasteiger partial charge in [0, 0.05) is 34.5 Å². The second-order valence-electron chi connectivity index (χ2n) is 6.62. The Morgan fingerprint density at radius 3 is 2.28 bits per heavy atom.